The van der Waals surface area contributed by atoms with Gasteiger partial charge < -0.3 is 20.7 Å². The van der Waals surface area contributed by atoms with E-state index < -0.39 is 18.4 Å². The number of aliphatic hydroxyl groups excluding tert-OH is 2. The molecule has 0 aromatic carbocycles. The lowest BCUT2D eigenvalue weighted by molar-refractivity contribution is -0.0429. The van der Waals surface area contributed by atoms with E-state index in [1.165, 1.54) is 6.33 Å². The molecule has 0 spiro atoms. The lowest BCUT2D eigenvalue weighted by Crippen LogP contribution is -2.29. The van der Waals surface area contributed by atoms with E-state index in [-0.39, 0.29) is 10.5 Å². The Morgan fingerprint density at radius 3 is 2.89 bits per heavy atom. The highest BCUT2D eigenvalue weighted by Gasteiger charge is 2.43. The Balaban J connectivity index is 2.04. The second kappa shape index (κ2) is 4.81. The number of hydrogen-bond donors (Lipinski definition) is 3. The van der Waals surface area contributed by atoms with Gasteiger partial charge in [0.05, 0.1) is 23.0 Å². The number of ether oxygens (including phenoxy) is 1. The van der Waals surface area contributed by atoms with Crippen LogP contribution in [-0.2, 0) is 4.74 Å². The van der Waals surface area contributed by atoms with Gasteiger partial charge in [0.25, 0.3) is 0 Å². The van der Waals surface area contributed by atoms with Crippen LogP contribution in [0.3, 0.4) is 0 Å². The molecule has 0 aliphatic carbocycles. The monoisotopic (exact) mass is 377 g/mol. The molecular weight excluding hydrogens is 365 g/mol. The van der Waals surface area contributed by atoms with Crippen molar-refractivity contribution in [1.29, 1.82) is 0 Å². The summed E-state index contributed by atoms with van der Waals surface area (Å²) in [4.78, 5) is 12.2. The van der Waals surface area contributed by atoms with Gasteiger partial charge in [-0.3, -0.25) is 4.57 Å². The van der Waals surface area contributed by atoms with Crippen LogP contribution in [0.25, 0.3) is 11.2 Å². The van der Waals surface area contributed by atoms with Crippen LogP contribution in [0.4, 0.5) is 5.82 Å². The van der Waals surface area contributed by atoms with Gasteiger partial charge in [-0.05, 0) is 0 Å². The number of imidazole rings is 1. The van der Waals surface area contributed by atoms with Crippen LogP contribution < -0.4 is 5.73 Å². The predicted molar refractivity (Wildman–Crippen MR) is 74.5 cm³/mol. The maximum atomic E-state index is 9.97. The summed E-state index contributed by atoms with van der Waals surface area (Å²) in [6.45, 7) is -0.235. The number of alkyl halides is 1. The molecule has 4 atom stereocenters. The quantitative estimate of drug-likeness (QED) is 0.475. The van der Waals surface area contributed by atoms with Crippen molar-refractivity contribution in [3.8, 4) is 0 Å². The summed E-state index contributed by atoms with van der Waals surface area (Å²) in [5.74, 6) is 0.297. The molecule has 102 valence electrons. The molecule has 0 radical (unpaired) electrons. The predicted octanol–water partition coefficient (Wildman–Crippen LogP) is -0.537. The number of anilines is 1. The van der Waals surface area contributed by atoms with Crippen LogP contribution in [0, 0.1) is 0 Å². The van der Waals surface area contributed by atoms with Crippen molar-refractivity contribution in [2.45, 2.75) is 22.4 Å². The fourth-order valence-corrected chi connectivity index (χ4v) is 3.11. The molecule has 3 heterocycles. The topological polar surface area (TPSA) is 119 Å². The molecule has 1 aliphatic rings. The van der Waals surface area contributed by atoms with Crippen molar-refractivity contribution in [2.24, 2.45) is 0 Å². The first-order valence-electron chi connectivity index (χ1n) is 5.65. The van der Waals surface area contributed by atoms with Crippen molar-refractivity contribution in [3.05, 3.63) is 12.7 Å². The third kappa shape index (κ3) is 1.96. The Morgan fingerprint density at radius 2 is 2.21 bits per heavy atom. The van der Waals surface area contributed by atoms with Gasteiger partial charge in [0.2, 0.25) is 0 Å². The minimum absolute atomic E-state index is 0.219. The number of nitrogens with two attached hydrogens (primary N) is 1. The largest absolute Gasteiger partial charge is 0.394 e. The van der Waals surface area contributed by atoms with Gasteiger partial charge in [0.15, 0.2) is 17.7 Å². The Morgan fingerprint density at radius 1 is 1.42 bits per heavy atom. The summed E-state index contributed by atoms with van der Waals surface area (Å²) in [7, 11) is 0. The lowest BCUT2D eigenvalue weighted by atomic mass is 10.2. The number of aliphatic hydroxyl groups is 2. The van der Waals surface area contributed by atoms with Crippen LogP contribution in [0.15, 0.2) is 12.7 Å². The molecule has 1 saturated heterocycles. The summed E-state index contributed by atoms with van der Waals surface area (Å²) in [6.07, 6.45) is 1.11. The number of fused-ring (bicyclic) bond motifs is 1. The number of rotatable bonds is 2. The second-order valence-corrected chi connectivity index (χ2v) is 5.70. The summed E-state index contributed by atoms with van der Waals surface area (Å²) >= 11 is 2.09. The molecule has 9 heteroatoms. The number of nitrogen functional groups attached to an aromatic ring is 1. The molecule has 2 aromatic rings. The Hall–Kier alpha value is -1.04. The summed E-state index contributed by atoms with van der Waals surface area (Å²) in [5.41, 5.74) is 6.77. The van der Waals surface area contributed by atoms with Crippen molar-refractivity contribution >= 4 is 39.6 Å². The van der Waals surface area contributed by atoms with Crippen LogP contribution in [0.1, 0.15) is 6.23 Å². The normalized spacial score (nSPS) is 31.1. The molecule has 1 fully saturated rings. The Kier molecular flexibility index (Phi) is 3.28. The van der Waals surface area contributed by atoms with Crippen LogP contribution in [-0.4, -0.2) is 52.5 Å². The van der Waals surface area contributed by atoms with Gasteiger partial charge in [-0.25, -0.2) is 15.0 Å². The van der Waals surface area contributed by atoms with E-state index in [0.717, 1.165) is 0 Å². The average Bonchev–Trinajstić information content (AvgIpc) is 2.94. The van der Waals surface area contributed by atoms with Gasteiger partial charge in [-0.1, -0.05) is 22.6 Å². The van der Waals surface area contributed by atoms with Crippen molar-refractivity contribution in [2.75, 3.05) is 12.3 Å². The van der Waals surface area contributed by atoms with E-state index in [1.807, 2.05) is 0 Å². The first-order chi connectivity index (χ1) is 9.13. The van der Waals surface area contributed by atoms with E-state index in [4.69, 9.17) is 15.6 Å². The van der Waals surface area contributed by atoms with Crippen molar-refractivity contribution in [1.82, 2.24) is 19.5 Å². The van der Waals surface area contributed by atoms with Crippen molar-refractivity contribution in [3.63, 3.8) is 0 Å². The van der Waals surface area contributed by atoms with E-state index in [2.05, 4.69) is 37.5 Å². The van der Waals surface area contributed by atoms with Gasteiger partial charge in [-0.2, -0.15) is 0 Å². The van der Waals surface area contributed by atoms with Crippen LogP contribution in [0.2, 0.25) is 0 Å². The average molecular weight is 377 g/mol. The molecule has 0 bridgehead atoms. The van der Waals surface area contributed by atoms with Gasteiger partial charge >= 0.3 is 0 Å². The fraction of sp³-hybridized carbons (Fsp3) is 0.500. The molecule has 0 amide bonds. The van der Waals surface area contributed by atoms with Crippen LogP contribution >= 0.6 is 22.6 Å². The van der Waals surface area contributed by atoms with E-state index in [0.29, 0.717) is 17.0 Å². The van der Waals surface area contributed by atoms with Crippen LogP contribution in [0.5, 0.6) is 0 Å². The first-order valence-corrected chi connectivity index (χ1v) is 6.89. The zero-order valence-electron chi connectivity index (χ0n) is 9.72. The van der Waals surface area contributed by atoms with Gasteiger partial charge in [0, 0.05) is 0 Å². The van der Waals surface area contributed by atoms with Gasteiger partial charge in [0.1, 0.15) is 17.9 Å². The number of hydrogen-bond acceptors (Lipinski definition) is 7. The van der Waals surface area contributed by atoms with E-state index in [9.17, 15) is 5.11 Å². The first kappa shape index (κ1) is 13.0. The molecule has 19 heavy (non-hydrogen) atoms. The highest BCUT2D eigenvalue weighted by atomic mass is 127. The smallest absolute Gasteiger partial charge is 0.167 e. The minimum Gasteiger partial charge on any atom is -0.394 e. The standard InChI is InChI=1S/C10H12IN5O3/c11-5-7(18)4(1-17)19-10(5)16-3-15-6-8(12)13-2-14-9(6)16/h2-5,7,10,17-18H,1H2,(H2,12,13,14)/t4-,5-,7-,10-/m1/s1. The maximum Gasteiger partial charge on any atom is 0.167 e. The van der Waals surface area contributed by atoms with Gasteiger partial charge in [-0.15, -0.1) is 0 Å². The molecular formula is C10H12IN5O3. The summed E-state index contributed by atoms with van der Waals surface area (Å²) < 4.78 is 7.12. The maximum absolute atomic E-state index is 9.97. The zero-order chi connectivity index (χ0) is 13.6. The molecule has 1 aliphatic heterocycles. The minimum atomic E-state index is -0.743. The SMILES string of the molecule is Nc1ncnc2c1ncn2[C@@H]1O[C@H](CO)[C@@H](O)[C@H]1I. The Bertz CT molecular complexity index is 606. The van der Waals surface area contributed by atoms with E-state index >= 15 is 0 Å². The molecule has 2 aromatic heterocycles. The third-order valence-electron chi connectivity index (χ3n) is 3.13. The molecule has 8 nitrogen and oxygen atoms in total. The number of halogens is 1. The van der Waals surface area contributed by atoms with E-state index in [1.54, 1.807) is 10.9 Å². The molecule has 4 N–H and O–H groups in total. The second-order valence-electron chi connectivity index (χ2n) is 4.27. The fourth-order valence-electron chi connectivity index (χ4n) is 2.13. The highest BCUT2D eigenvalue weighted by molar-refractivity contribution is 14.1. The van der Waals surface area contributed by atoms with Crippen molar-refractivity contribution < 1.29 is 14.9 Å². The zero-order valence-corrected chi connectivity index (χ0v) is 11.9. The lowest BCUT2D eigenvalue weighted by Gasteiger charge is -2.16. The molecule has 3 rings (SSSR count). The number of nitrogens with zero attached hydrogens (tertiary/aromatic N) is 4. The summed E-state index contributed by atoms with van der Waals surface area (Å²) in [5, 5.41) is 19.1. The Labute approximate surface area is 121 Å². The third-order valence-corrected chi connectivity index (χ3v) is 4.49. The molecule has 0 saturated carbocycles. The highest BCUT2D eigenvalue weighted by Crippen LogP contribution is 2.36. The number of aromatic nitrogens is 4. The molecule has 0 unspecified atom stereocenters. The summed E-state index contributed by atoms with van der Waals surface area (Å²) in [6, 6.07) is 0.